The van der Waals surface area contributed by atoms with E-state index in [1.165, 1.54) is 25.2 Å². The van der Waals surface area contributed by atoms with Crippen LogP contribution in [0.2, 0.25) is 0 Å². The molecule has 0 saturated carbocycles. The fraction of sp³-hybridized carbons (Fsp3) is 0.682. The molecule has 0 aromatic heterocycles. The molecule has 0 spiro atoms. The van der Waals surface area contributed by atoms with Crippen LogP contribution >= 0.6 is 0 Å². The number of nitrogens with one attached hydrogen (secondary N) is 1. The van der Waals surface area contributed by atoms with E-state index in [4.69, 9.17) is 23.7 Å². The average Bonchev–Trinajstić information content (AvgIpc) is 2.80. The molecule has 206 valence electrons. The summed E-state index contributed by atoms with van der Waals surface area (Å²) in [5.74, 6) is 0. The SMILES string of the molecule is CN(CCOCCOCCOCCOCCNC(=O)OC(C)(C)C)S(=O)(=O)c1ccccc1[N+](=O)[O-]. The summed E-state index contributed by atoms with van der Waals surface area (Å²) in [6.45, 7) is 8.23. The number of nitrogens with zero attached hydrogens (tertiary/aromatic N) is 2. The van der Waals surface area contributed by atoms with E-state index in [1.54, 1.807) is 20.8 Å². The molecule has 0 bridgehead atoms. The van der Waals surface area contributed by atoms with Crippen molar-refractivity contribution in [1.29, 1.82) is 0 Å². The van der Waals surface area contributed by atoms with E-state index in [2.05, 4.69) is 5.32 Å². The number of hydrogen-bond acceptors (Lipinski definition) is 10. The Balaban J connectivity index is 2.02. The van der Waals surface area contributed by atoms with E-state index in [0.29, 0.717) is 46.2 Å². The van der Waals surface area contributed by atoms with Crippen LogP contribution in [-0.4, -0.2) is 102 Å². The van der Waals surface area contributed by atoms with Gasteiger partial charge in [-0.3, -0.25) is 10.1 Å². The lowest BCUT2D eigenvalue weighted by Crippen LogP contribution is -2.34. The maximum absolute atomic E-state index is 12.6. The lowest BCUT2D eigenvalue weighted by atomic mass is 10.2. The van der Waals surface area contributed by atoms with E-state index in [1.807, 2.05) is 0 Å². The first-order valence-electron chi connectivity index (χ1n) is 11.4. The molecule has 0 aliphatic carbocycles. The number of nitro benzene ring substituents is 1. The number of ether oxygens (including phenoxy) is 5. The molecule has 1 rings (SSSR count). The highest BCUT2D eigenvalue weighted by atomic mass is 32.2. The molecule has 0 atom stereocenters. The van der Waals surface area contributed by atoms with E-state index < -0.39 is 32.3 Å². The second-order valence-electron chi connectivity index (χ2n) is 8.43. The van der Waals surface area contributed by atoms with Crippen LogP contribution in [0.15, 0.2) is 29.2 Å². The van der Waals surface area contributed by atoms with Gasteiger partial charge in [0.15, 0.2) is 4.90 Å². The standard InChI is InChI=1S/C22H37N3O10S/c1-22(2,3)35-21(26)23-9-11-31-13-15-33-17-18-34-16-14-32-12-10-24(4)36(29,30)20-8-6-5-7-19(20)25(27)28/h5-8H,9-18H2,1-4H3,(H,23,26). The van der Waals surface area contributed by atoms with Crippen LogP contribution in [0.3, 0.4) is 0 Å². The van der Waals surface area contributed by atoms with Crippen LogP contribution in [-0.2, 0) is 33.7 Å². The van der Waals surface area contributed by atoms with Gasteiger partial charge in [-0.15, -0.1) is 0 Å². The van der Waals surface area contributed by atoms with Gasteiger partial charge in [0.25, 0.3) is 5.69 Å². The number of carbonyl (C=O) groups excluding carboxylic acids is 1. The first kappa shape index (κ1) is 31.7. The number of amides is 1. The van der Waals surface area contributed by atoms with Gasteiger partial charge in [-0.1, -0.05) is 12.1 Å². The number of hydrogen-bond donors (Lipinski definition) is 1. The monoisotopic (exact) mass is 535 g/mol. The van der Waals surface area contributed by atoms with Crippen molar-refractivity contribution in [3.05, 3.63) is 34.4 Å². The van der Waals surface area contributed by atoms with Gasteiger partial charge in [-0.25, -0.2) is 13.2 Å². The average molecular weight is 536 g/mol. The lowest BCUT2D eigenvalue weighted by Gasteiger charge is -2.19. The van der Waals surface area contributed by atoms with Gasteiger partial charge in [0.1, 0.15) is 5.60 Å². The van der Waals surface area contributed by atoms with E-state index in [-0.39, 0.29) is 24.7 Å². The number of rotatable bonds is 18. The minimum Gasteiger partial charge on any atom is -0.444 e. The summed E-state index contributed by atoms with van der Waals surface area (Å²) >= 11 is 0. The predicted molar refractivity (Wildman–Crippen MR) is 130 cm³/mol. The highest BCUT2D eigenvalue weighted by Gasteiger charge is 2.28. The summed E-state index contributed by atoms with van der Waals surface area (Å²) in [4.78, 5) is 21.5. The molecule has 13 nitrogen and oxygen atoms in total. The Morgan fingerprint density at radius 1 is 0.944 bits per heavy atom. The fourth-order valence-electron chi connectivity index (χ4n) is 2.61. The van der Waals surface area contributed by atoms with Crippen LogP contribution in [0.5, 0.6) is 0 Å². The minimum absolute atomic E-state index is 0.0325. The van der Waals surface area contributed by atoms with E-state index >= 15 is 0 Å². The van der Waals surface area contributed by atoms with Crippen LogP contribution in [0, 0.1) is 10.1 Å². The van der Waals surface area contributed by atoms with Crippen LogP contribution in [0.4, 0.5) is 10.5 Å². The summed E-state index contributed by atoms with van der Waals surface area (Å²) in [6, 6.07) is 5.20. The maximum Gasteiger partial charge on any atom is 0.407 e. The zero-order chi connectivity index (χ0) is 27.0. The minimum atomic E-state index is -4.01. The zero-order valence-corrected chi connectivity index (χ0v) is 22.1. The Hall–Kier alpha value is -2.36. The molecule has 0 unspecified atom stereocenters. The van der Waals surface area contributed by atoms with Crippen molar-refractivity contribution < 1.29 is 41.8 Å². The van der Waals surface area contributed by atoms with Crippen molar-refractivity contribution in [3.63, 3.8) is 0 Å². The number of carbonyl (C=O) groups is 1. The Bertz CT molecular complexity index is 906. The van der Waals surface area contributed by atoms with Crippen molar-refractivity contribution in [3.8, 4) is 0 Å². The first-order valence-corrected chi connectivity index (χ1v) is 12.9. The fourth-order valence-corrected chi connectivity index (χ4v) is 3.92. The Morgan fingerprint density at radius 3 is 1.97 bits per heavy atom. The maximum atomic E-state index is 12.6. The predicted octanol–water partition coefficient (Wildman–Crippen LogP) is 1.81. The summed E-state index contributed by atoms with van der Waals surface area (Å²) in [7, 11) is -2.68. The molecule has 0 saturated heterocycles. The van der Waals surface area contributed by atoms with Crippen LogP contribution in [0.25, 0.3) is 0 Å². The molecule has 0 aliphatic rings. The van der Waals surface area contributed by atoms with Crippen LogP contribution in [0.1, 0.15) is 20.8 Å². The number of benzene rings is 1. The molecule has 1 aromatic rings. The van der Waals surface area contributed by atoms with Gasteiger partial charge < -0.3 is 29.0 Å². The van der Waals surface area contributed by atoms with Crippen LogP contribution < -0.4 is 5.32 Å². The van der Waals surface area contributed by atoms with Crippen molar-refractivity contribution >= 4 is 21.8 Å². The van der Waals surface area contributed by atoms with Gasteiger partial charge in [-0.2, -0.15) is 4.31 Å². The summed E-state index contributed by atoms with van der Waals surface area (Å²) in [5, 5.41) is 13.7. The highest BCUT2D eigenvalue weighted by Crippen LogP contribution is 2.25. The molecule has 1 aromatic carbocycles. The zero-order valence-electron chi connectivity index (χ0n) is 21.3. The lowest BCUT2D eigenvalue weighted by molar-refractivity contribution is -0.387. The van der Waals surface area contributed by atoms with Crippen molar-refractivity contribution in [1.82, 2.24) is 9.62 Å². The molecule has 0 aliphatic heterocycles. The third kappa shape index (κ3) is 13.1. The molecule has 1 N–H and O–H groups in total. The molecular weight excluding hydrogens is 498 g/mol. The summed E-state index contributed by atoms with van der Waals surface area (Å²) in [5.41, 5.74) is -1.01. The Kier molecular flexibility index (Phi) is 14.4. The molecule has 0 fully saturated rings. The first-order chi connectivity index (χ1) is 16.9. The normalized spacial score (nSPS) is 12.0. The highest BCUT2D eigenvalue weighted by molar-refractivity contribution is 7.89. The summed E-state index contributed by atoms with van der Waals surface area (Å²) < 4.78 is 52.8. The van der Waals surface area contributed by atoms with Gasteiger partial charge in [0.05, 0.1) is 57.8 Å². The Labute approximate surface area is 212 Å². The van der Waals surface area contributed by atoms with E-state index in [9.17, 15) is 23.3 Å². The van der Waals surface area contributed by atoms with E-state index in [0.717, 1.165) is 10.4 Å². The molecule has 36 heavy (non-hydrogen) atoms. The Morgan fingerprint density at radius 2 is 1.44 bits per heavy atom. The van der Waals surface area contributed by atoms with Gasteiger partial charge in [0, 0.05) is 26.2 Å². The largest absolute Gasteiger partial charge is 0.444 e. The third-order valence-electron chi connectivity index (χ3n) is 4.33. The van der Waals surface area contributed by atoms with Crippen molar-refractivity contribution in [2.75, 3.05) is 73.0 Å². The number of likely N-dealkylation sites (N-methyl/N-ethyl adjacent to an activating group) is 1. The van der Waals surface area contributed by atoms with Crippen molar-refractivity contribution in [2.24, 2.45) is 0 Å². The van der Waals surface area contributed by atoms with Gasteiger partial charge in [-0.05, 0) is 26.8 Å². The van der Waals surface area contributed by atoms with Gasteiger partial charge in [0.2, 0.25) is 10.0 Å². The summed E-state index contributed by atoms with van der Waals surface area (Å²) in [6.07, 6.45) is -0.487. The number of sulfonamides is 1. The third-order valence-corrected chi connectivity index (χ3v) is 6.24. The quantitative estimate of drug-likeness (QED) is 0.167. The smallest absolute Gasteiger partial charge is 0.407 e. The number of nitro groups is 1. The molecule has 14 heteroatoms. The van der Waals surface area contributed by atoms with Gasteiger partial charge >= 0.3 is 6.09 Å². The van der Waals surface area contributed by atoms with Crippen molar-refractivity contribution in [2.45, 2.75) is 31.3 Å². The number of alkyl carbamates (subject to hydrolysis) is 1. The molecule has 0 heterocycles. The number of para-hydroxylation sites is 1. The second-order valence-corrected chi connectivity index (χ2v) is 10.4. The molecule has 0 radical (unpaired) electrons. The second kappa shape index (κ2) is 16.4. The molecular formula is C22H37N3O10S. The molecule has 1 amide bonds. The topological polar surface area (TPSA) is 156 Å².